The first-order valence-corrected chi connectivity index (χ1v) is 7.80. The van der Waals surface area contributed by atoms with Crippen LogP contribution in [-0.4, -0.2) is 40.1 Å². The summed E-state index contributed by atoms with van der Waals surface area (Å²) >= 11 is 0. The Kier molecular flexibility index (Phi) is 4.55. The Morgan fingerprint density at radius 2 is 1.90 bits per heavy atom. The Labute approximate surface area is 120 Å². The molecule has 2 rings (SSSR count). The van der Waals surface area contributed by atoms with Crippen molar-refractivity contribution in [3.8, 4) is 0 Å². The van der Waals surface area contributed by atoms with Gasteiger partial charge in [0.05, 0.1) is 0 Å². The molecule has 0 bridgehead atoms. The molecule has 5 nitrogen and oxygen atoms in total. The molecule has 1 aliphatic heterocycles. The predicted octanol–water partition coefficient (Wildman–Crippen LogP) is 2.60. The molecule has 1 saturated carbocycles. The molecule has 2 atom stereocenters. The van der Waals surface area contributed by atoms with Crippen LogP contribution in [0.1, 0.15) is 58.8 Å². The largest absolute Gasteiger partial charge is 0.480 e. The number of amides is 2. The van der Waals surface area contributed by atoms with Gasteiger partial charge in [-0.3, -0.25) is 0 Å². The molecule has 2 aliphatic rings. The molecule has 114 valence electrons. The van der Waals surface area contributed by atoms with E-state index in [1.807, 2.05) is 4.90 Å². The Morgan fingerprint density at radius 3 is 2.45 bits per heavy atom. The normalized spacial score (nSPS) is 26.5. The van der Waals surface area contributed by atoms with Crippen LogP contribution in [0.5, 0.6) is 0 Å². The maximum Gasteiger partial charge on any atom is 0.329 e. The third kappa shape index (κ3) is 2.91. The molecule has 0 radical (unpaired) electrons. The highest BCUT2D eigenvalue weighted by Gasteiger charge is 2.39. The van der Waals surface area contributed by atoms with E-state index < -0.39 is 11.5 Å². The smallest absolute Gasteiger partial charge is 0.329 e. The van der Waals surface area contributed by atoms with E-state index >= 15 is 0 Å². The average molecular weight is 282 g/mol. The van der Waals surface area contributed by atoms with Gasteiger partial charge in [-0.1, -0.05) is 19.8 Å². The van der Waals surface area contributed by atoms with E-state index in [-0.39, 0.29) is 6.03 Å². The van der Waals surface area contributed by atoms with Gasteiger partial charge in [0.2, 0.25) is 0 Å². The first kappa shape index (κ1) is 15.1. The fraction of sp³-hybridized carbons (Fsp3) is 0.867. The van der Waals surface area contributed by atoms with E-state index in [0.717, 1.165) is 19.4 Å². The summed E-state index contributed by atoms with van der Waals surface area (Å²) in [5.41, 5.74) is -1.17. The standard InChI is InChI=1S/C15H26N2O3/c1-3-15(2,13(18)19)16-14(20)17-10-6-9-12(17)11-7-4-5-8-11/h11-12H,3-10H2,1-2H3,(H,16,20)(H,18,19). The molecule has 0 aromatic carbocycles. The van der Waals surface area contributed by atoms with Crippen LogP contribution in [0.2, 0.25) is 0 Å². The molecule has 1 saturated heterocycles. The molecule has 2 amide bonds. The third-order valence-corrected chi connectivity index (χ3v) is 5.07. The third-order valence-electron chi connectivity index (χ3n) is 5.07. The molecule has 0 spiro atoms. The first-order valence-electron chi connectivity index (χ1n) is 7.80. The van der Waals surface area contributed by atoms with Gasteiger partial charge in [-0.2, -0.15) is 0 Å². The zero-order chi connectivity index (χ0) is 14.8. The molecular weight excluding hydrogens is 256 g/mol. The lowest BCUT2D eigenvalue weighted by molar-refractivity contribution is -0.143. The molecule has 2 unspecified atom stereocenters. The molecule has 0 aromatic rings. The lowest BCUT2D eigenvalue weighted by atomic mass is 9.96. The van der Waals surface area contributed by atoms with Gasteiger partial charge in [-0.05, 0) is 44.9 Å². The van der Waals surface area contributed by atoms with Gasteiger partial charge < -0.3 is 15.3 Å². The van der Waals surface area contributed by atoms with E-state index in [4.69, 9.17) is 0 Å². The monoisotopic (exact) mass is 282 g/mol. The summed E-state index contributed by atoms with van der Waals surface area (Å²) in [7, 11) is 0. The summed E-state index contributed by atoms with van der Waals surface area (Å²) < 4.78 is 0. The summed E-state index contributed by atoms with van der Waals surface area (Å²) in [4.78, 5) is 25.6. The van der Waals surface area contributed by atoms with Crippen molar-refractivity contribution >= 4 is 12.0 Å². The maximum atomic E-state index is 12.4. The van der Waals surface area contributed by atoms with E-state index in [9.17, 15) is 14.7 Å². The quantitative estimate of drug-likeness (QED) is 0.832. The molecule has 2 fully saturated rings. The van der Waals surface area contributed by atoms with Gasteiger partial charge in [-0.25, -0.2) is 9.59 Å². The van der Waals surface area contributed by atoms with E-state index in [0.29, 0.717) is 18.4 Å². The second kappa shape index (κ2) is 6.02. The van der Waals surface area contributed by atoms with Gasteiger partial charge in [0.1, 0.15) is 5.54 Å². The van der Waals surface area contributed by atoms with Crippen molar-refractivity contribution in [3.05, 3.63) is 0 Å². The van der Waals surface area contributed by atoms with Crippen LogP contribution in [0.25, 0.3) is 0 Å². The lowest BCUT2D eigenvalue weighted by Crippen LogP contribution is -2.57. The number of nitrogens with zero attached hydrogens (tertiary/aromatic N) is 1. The summed E-state index contributed by atoms with van der Waals surface area (Å²) in [6, 6.07) is 0.110. The predicted molar refractivity (Wildman–Crippen MR) is 76.5 cm³/mol. The molecule has 2 N–H and O–H groups in total. The fourth-order valence-corrected chi connectivity index (χ4v) is 3.48. The molecule has 5 heteroatoms. The van der Waals surface area contributed by atoms with Crippen LogP contribution in [-0.2, 0) is 4.79 Å². The van der Waals surface area contributed by atoms with E-state index in [1.165, 1.54) is 25.7 Å². The number of likely N-dealkylation sites (tertiary alicyclic amines) is 1. The van der Waals surface area contributed by atoms with Crippen molar-refractivity contribution in [3.63, 3.8) is 0 Å². The second-order valence-electron chi connectivity index (χ2n) is 6.37. The zero-order valence-electron chi connectivity index (χ0n) is 12.5. The minimum Gasteiger partial charge on any atom is -0.480 e. The zero-order valence-corrected chi connectivity index (χ0v) is 12.5. The summed E-state index contributed by atoms with van der Waals surface area (Å²) in [5.74, 6) is -0.356. The SMILES string of the molecule is CCC(C)(NC(=O)N1CCCC1C1CCCC1)C(=O)O. The minimum absolute atomic E-state index is 0.203. The Balaban J connectivity index is 2.02. The Bertz CT molecular complexity index is 379. The number of aliphatic carboxylic acids is 1. The molecule has 1 heterocycles. The maximum absolute atomic E-state index is 12.4. The van der Waals surface area contributed by atoms with Crippen molar-refractivity contribution in [1.82, 2.24) is 10.2 Å². The highest BCUT2D eigenvalue weighted by Crippen LogP contribution is 2.35. The topological polar surface area (TPSA) is 69.6 Å². The van der Waals surface area contributed by atoms with Gasteiger partial charge in [0, 0.05) is 12.6 Å². The number of carbonyl (C=O) groups is 2. The van der Waals surface area contributed by atoms with Gasteiger partial charge in [-0.15, -0.1) is 0 Å². The van der Waals surface area contributed by atoms with Crippen molar-refractivity contribution in [2.24, 2.45) is 5.92 Å². The van der Waals surface area contributed by atoms with Crippen molar-refractivity contribution in [2.75, 3.05) is 6.54 Å². The highest BCUT2D eigenvalue weighted by molar-refractivity contribution is 5.86. The Morgan fingerprint density at radius 1 is 1.25 bits per heavy atom. The summed E-state index contributed by atoms with van der Waals surface area (Å²) in [6.07, 6.45) is 7.42. The highest BCUT2D eigenvalue weighted by atomic mass is 16.4. The number of urea groups is 1. The summed E-state index contributed by atoms with van der Waals surface area (Å²) in [6.45, 7) is 4.12. The van der Waals surface area contributed by atoms with Crippen LogP contribution in [0.3, 0.4) is 0 Å². The molecule has 20 heavy (non-hydrogen) atoms. The number of carbonyl (C=O) groups excluding carboxylic acids is 1. The van der Waals surface area contributed by atoms with Gasteiger partial charge in [0.25, 0.3) is 0 Å². The number of hydrogen-bond acceptors (Lipinski definition) is 2. The summed E-state index contributed by atoms with van der Waals surface area (Å²) in [5, 5.41) is 12.0. The molecule has 0 aromatic heterocycles. The van der Waals surface area contributed by atoms with Gasteiger partial charge in [0.15, 0.2) is 0 Å². The number of nitrogens with one attached hydrogen (secondary N) is 1. The molecular formula is C15H26N2O3. The van der Waals surface area contributed by atoms with Crippen LogP contribution in [0.4, 0.5) is 4.79 Å². The van der Waals surface area contributed by atoms with Crippen molar-refractivity contribution < 1.29 is 14.7 Å². The van der Waals surface area contributed by atoms with Crippen LogP contribution in [0.15, 0.2) is 0 Å². The van der Waals surface area contributed by atoms with Gasteiger partial charge >= 0.3 is 12.0 Å². The number of carboxylic acids is 1. The minimum atomic E-state index is -1.17. The van der Waals surface area contributed by atoms with Crippen LogP contribution in [0, 0.1) is 5.92 Å². The van der Waals surface area contributed by atoms with E-state index in [2.05, 4.69) is 5.32 Å². The average Bonchev–Trinajstić information content (AvgIpc) is 3.08. The fourth-order valence-electron chi connectivity index (χ4n) is 3.48. The van der Waals surface area contributed by atoms with Crippen LogP contribution >= 0.6 is 0 Å². The van der Waals surface area contributed by atoms with Crippen molar-refractivity contribution in [2.45, 2.75) is 70.4 Å². The number of rotatable bonds is 4. The van der Waals surface area contributed by atoms with E-state index in [1.54, 1.807) is 13.8 Å². The first-order chi connectivity index (χ1) is 9.48. The number of carboxylic acid groups (broad SMARTS) is 1. The second-order valence-corrected chi connectivity index (χ2v) is 6.37. The Hall–Kier alpha value is -1.26. The van der Waals surface area contributed by atoms with Crippen molar-refractivity contribution in [1.29, 1.82) is 0 Å². The molecule has 1 aliphatic carbocycles. The van der Waals surface area contributed by atoms with Crippen LogP contribution < -0.4 is 5.32 Å². The number of hydrogen-bond donors (Lipinski definition) is 2. The lowest BCUT2D eigenvalue weighted by Gasteiger charge is -2.33.